The summed E-state index contributed by atoms with van der Waals surface area (Å²) < 4.78 is 13.7. The molecule has 0 saturated heterocycles. The lowest BCUT2D eigenvalue weighted by Gasteiger charge is -2.06. The summed E-state index contributed by atoms with van der Waals surface area (Å²) in [4.78, 5) is 13.5. The van der Waals surface area contributed by atoms with Gasteiger partial charge in [-0.25, -0.2) is 4.40 Å². The number of methoxy groups -OCH3 is 2. The highest BCUT2D eigenvalue weighted by molar-refractivity contribution is 9.10. The van der Waals surface area contributed by atoms with Gasteiger partial charge in [-0.3, -0.25) is 4.79 Å². The molecule has 0 radical (unpaired) electrons. The molecule has 4 aromatic rings. The number of aromatic nitrogens is 3. The van der Waals surface area contributed by atoms with Crippen molar-refractivity contribution in [1.82, 2.24) is 14.6 Å². The zero-order valence-corrected chi connectivity index (χ0v) is 16.9. The van der Waals surface area contributed by atoms with Crippen molar-refractivity contribution >= 4 is 38.3 Å². The minimum atomic E-state index is -0.164. The zero-order chi connectivity index (χ0) is 19.0. The van der Waals surface area contributed by atoms with Crippen LogP contribution in [-0.4, -0.2) is 28.8 Å². The van der Waals surface area contributed by atoms with Crippen LogP contribution in [0.5, 0.6) is 11.5 Å². The average molecular weight is 444 g/mol. The molecule has 0 spiro atoms. The van der Waals surface area contributed by atoms with Gasteiger partial charge in [-0.2, -0.15) is 0 Å². The van der Waals surface area contributed by atoms with Gasteiger partial charge >= 0.3 is 0 Å². The fourth-order valence-electron chi connectivity index (χ4n) is 2.74. The minimum absolute atomic E-state index is 0.164. The van der Waals surface area contributed by atoms with Crippen LogP contribution in [0.1, 0.15) is 5.56 Å². The second kappa shape index (κ2) is 7.13. The Kier molecular flexibility index (Phi) is 4.67. The second-order valence-electron chi connectivity index (χ2n) is 5.67. The number of halogens is 1. The van der Waals surface area contributed by atoms with Crippen LogP contribution in [0.2, 0.25) is 0 Å². The monoisotopic (exact) mass is 443 g/mol. The van der Waals surface area contributed by atoms with Crippen LogP contribution in [0.15, 0.2) is 51.7 Å². The lowest BCUT2D eigenvalue weighted by Crippen LogP contribution is -2.23. The standard InChI is InChI=1S/C19H14BrN3O3S/c1-25-14-7-8-15(26-2)12(9-14)10-16-18(24)23-17(21-22-19(23)27-16)11-3-5-13(20)6-4-11/h3-10H,1-2H3/b16-10-. The third kappa shape index (κ3) is 3.22. The Bertz CT molecular complexity index is 1230. The van der Waals surface area contributed by atoms with E-state index in [0.29, 0.717) is 26.8 Å². The van der Waals surface area contributed by atoms with Gasteiger partial charge in [0.25, 0.3) is 5.56 Å². The predicted molar refractivity (Wildman–Crippen MR) is 109 cm³/mol. The summed E-state index contributed by atoms with van der Waals surface area (Å²) in [6, 6.07) is 13.0. The van der Waals surface area contributed by atoms with Crippen LogP contribution in [0.3, 0.4) is 0 Å². The molecule has 4 rings (SSSR count). The highest BCUT2D eigenvalue weighted by atomic mass is 79.9. The molecule has 0 saturated carbocycles. The topological polar surface area (TPSA) is 65.7 Å². The van der Waals surface area contributed by atoms with E-state index < -0.39 is 0 Å². The summed E-state index contributed by atoms with van der Waals surface area (Å²) in [6.45, 7) is 0. The summed E-state index contributed by atoms with van der Waals surface area (Å²) in [6.07, 6.45) is 1.79. The number of ether oxygens (including phenoxy) is 2. The SMILES string of the molecule is COc1ccc(OC)c(/C=c2\sc3nnc(-c4ccc(Br)cc4)n3c2=O)c1. The number of rotatable bonds is 4. The molecule has 0 N–H and O–H groups in total. The van der Waals surface area contributed by atoms with E-state index in [1.54, 1.807) is 20.3 Å². The van der Waals surface area contributed by atoms with E-state index in [0.717, 1.165) is 15.6 Å². The zero-order valence-electron chi connectivity index (χ0n) is 14.5. The Morgan fingerprint density at radius 1 is 1.07 bits per heavy atom. The molecule has 2 aromatic heterocycles. The molecule has 0 aliphatic heterocycles. The van der Waals surface area contributed by atoms with Gasteiger partial charge in [-0.1, -0.05) is 39.4 Å². The predicted octanol–water partition coefficient (Wildman–Crippen LogP) is 3.15. The first-order chi connectivity index (χ1) is 13.1. The maximum Gasteiger partial charge on any atom is 0.276 e. The minimum Gasteiger partial charge on any atom is -0.497 e. The fraction of sp³-hybridized carbons (Fsp3) is 0.105. The summed E-state index contributed by atoms with van der Waals surface area (Å²) in [5, 5.41) is 8.34. The molecular weight excluding hydrogens is 430 g/mol. The molecule has 0 aliphatic rings. The normalized spacial score (nSPS) is 11.9. The molecular formula is C19H14BrN3O3S. The van der Waals surface area contributed by atoms with Gasteiger partial charge in [0, 0.05) is 15.6 Å². The smallest absolute Gasteiger partial charge is 0.276 e. The molecule has 136 valence electrons. The summed E-state index contributed by atoms with van der Waals surface area (Å²) >= 11 is 4.70. The molecule has 6 nitrogen and oxygen atoms in total. The first-order valence-corrected chi connectivity index (χ1v) is 9.59. The van der Waals surface area contributed by atoms with Crippen LogP contribution in [0.4, 0.5) is 0 Å². The molecule has 0 aliphatic carbocycles. The van der Waals surface area contributed by atoms with Gasteiger partial charge in [-0.05, 0) is 36.4 Å². The van der Waals surface area contributed by atoms with Gasteiger partial charge < -0.3 is 9.47 Å². The summed E-state index contributed by atoms with van der Waals surface area (Å²) in [5.74, 6) is 1.87. The van der Waals surface area contributed by atoms with Crippen molar-refractivity contribution in [3.63, 3.8) is 0 Å². The lowest BCUT2D eigenvalue weighted by atomic mass is 10.2. The Balaban J connectivity index is 1.90. The fourth-order valence-corrected chi connectivity index (χ4v) is 3.91. The number of benzene rings is 2. The number of hydrogen-bond acceptors (Lipinski definition) is 6. The van der Waals surface area contributed by atoms with E-state index in [1.165, 1.54) is 15.7 Å². The molecule has 8 heteroatoms. The van der Waals surface area contributed by atoms with Crippen molar-refractivity contribution in [3.8, 4) is 22.9 Å². The Labute approximate surface area is 166 Å². The first kappa shape index (κ1) is 17.7. The van der Waals surface area contributed by atoms with Crippen LogP contribution in [-0.2, 0) is 0 Å². The van der Waals surface area contributed by atoms with Crippen molar-refractivity contribution in [2.45, 2.75) is 0 Å². The van der Waals surface area contributed by atoms with E-state index in [9.17, 15) is 4.79 Å². The molecule has 0 atom stereocenters. The summed E-state index contributed by atoms with van der Waals surface area (Å²) in [7, 11) is 3.19. The number of hydrogen-bond donors (Lipinski definition) is 0. The number of fused-ring (bicyclic) bond motifs is 1. The van der Waals surface area contributed by atoms with Crippen molar-refractivity contribution < 1.29 is 9.47 Å². The van der Waals surface area contributed by atoms with Crippen molar-refractivity contribution in [2.75, 3.05) is 14.2 Å². The highest BCUT2D eigenvalue weighted by Gasteiger charge is 2.14. The number of thiazole rings is 1. The van der Waals surface area contributed by atoms with E-state index in [-0.39, 0.29) is 5.56 Å². The van der Waals surface area contributed by atoms with Crippen molar-refractivity contribution in [1.29, 1.82) is 0 Å². The van der Waals surface area contributed by atoms with E-state index >= 15 is 0 Å². The average Bonchev–Trinajstić information content (AvgIpc) is 3.23. The molecule has 0 unspecified atom stereocenters. The molecule has 0 fully saturated rings. The lowest BCUT2D eigenvalue weighted by molar-refractivity contribution is 0.402. The van der Waals surface area contributed by atoms with E-state index in [1.807, 2.05) is 42.5 Å². The van der Waals surface area contributed by atoms with Gasteiger partial charge in [0.15, 0.2) is 5.82 Å². The third-order valence-electron chi connectivity index (χ3n) is 4.07. The molecule has 0 amide bonds. The maximum absolute atomic E-state index is 13.0. The van der Waals surface area contributed by atoms with Crippen LogP contribution in [0, 0.1) is 0 Å². The third-order valence-corrected chi connectivity index (χ3v) is 5.56. The quantitative estimate of drug-likeness (QED) is 0.484. The Morgan fingerprint density at radius 3 is 2.56 bits per heavy atom. The second-order valence-corrected chi connectivity index (χ2v) is 7.60. The van der Waals surface area contributed by atoms with Gasteiger partial charge in [0.05, 0.1) is 18.8 Å². The van der Waals surface area contributed by atoms with Crippen LogP contribution < -0.4 is 19.6 Å². The van der Waals surface area contributed by atoms with E-state index in [4.69, 9.17) is 9.47 Å². The molecule has 0 bridgehead atoms. The van der Waals surface area contributed by atoms with Gasteiger partial charge in [0.2, 0.25) is 4.96 Å². The molecule has 27 heavy (non-hydrogen) atoms. The first-order valence-electron chi connectivity index (χ1n) is 7.98. The van der Waals surface area contributed by atoms with Crippen LogP contribution >= 0.6 is 27.3 Å². The molecule has 2 heterocycles. The Morgan fingerprint density at radius 2 is 1.85 bits per heavy atom. The largest absolute Gasteiger partial charge is 0.497 e. The Hall–Kier alpha value is -2.71. The highest BCUT2D eigenvalue weighted by Crippen LogP contribution is 2.25. The van der Waals surface area contributed by atoms with Crippen LogP contribution in [0.25, 0.3) is 22.4 Å². The van der Waals surface area contributed by atoms with E-state index in [2.05, 4.69) is 26.1 Å². The number of nitrogens with zero attached hydrogens (tertiary/aromatic N) is 3. The van der Waals surface area contributed by atoms with Crippen molar-refractivity contribution in [2.24, 2.45) is 0 Å². The molecule has 2 aromatic carbocycles. The van der Waals surface area contributed by atoms with Gasteiger partial charge in [0.1, 0.15) is 11.5 Å². The van der Waals surface area contributed by atoms with Gasteiger partial charge in [-0.15, -0.1) is 10.2 Å². The summed E-state index contributed by atoms with van der Waals surface area (Å²) in [5.41, 5.74) is 1.42. The van der Waals surface area contributed by atoms with Crippen molar-refractivity contribution in [3.05, 3.63) is 67.4 Å². The maximum atomic E-state index is 13.0.